The summed E-state index contributed by atoms with van der Waals surface area (Å²) in [4.78, 5) is 12.1. The van der Waals surface area contributed by atoms with E-state index in [-0.39, 0.29) is 5.41 Å². The van der Waals surface area contributed by atoms with Crippen molar-refractivity contribution >= 4 is 5.78 Å². The third-order valence-electron chi connectivity index (χ3n) is 4.77. The van der Waals surface area contributed by atoms with E-state index in [1.807, 2.05) is 0 Å². The Morgan fingerprint density at radius 1 is 1.53 bits per heavy atom. The number of rotatable bonds is 3. The van der Waals surface area contributed by atoms with E-state index in [1.165, 1.54) is 19.3 Å². The van der Waals surface area contributed by atoms with Crippen molar-refractivity contribution in [3.63, 3.8) is 0 Å². The molecule has 1 nitrogen and oxygen atoms in total. The van der Waals surface area contributed by atoms with Gasteiger partial charge in [-0.3, -0.25) is 4.79 Å². The summed E-state index contributed by atoms with van der Waals surface area (Å²) in [6.07, 6.45) is 8.76. The Kier molecular flexibility index (Phi) is 2.52. The molecule has 2 aliphatic carbocycles. The lowest BCUT2D eigenvalue weighted by molar-refractivity contribution is -0.128. The summed E-state index contributed by atoms with van der Waals surface area (Å²) in [5.41, 5.74) is 0.382. The van der Waals surface area contributed by atoms with Crippen LogP contribution in [0.3, 0.4) is 0 Å². The third-order valence-corrected chi connectivity index (χ3v) is 4.77. The minimum atomic E-state index is -0.0596. The first-order chi connectivity index (χ1) is 7.03. The third kappa shape index (κ3) is 1.66. The second-order valence-electron chi connectivity index (χ2n) is 6.00. The van der Waals surface area contributed by atoms with Gasteiger partial charge < -0.3 is 0 Å². The van der Waals surface area contributed by atoms with E-state index in [4.69, 9.17) is 0 Å². The predicted molar refractivity (Wildman–Crippen MR) is 62.6 cm³/mol. The molecule has 3 atom stereocenters. The Morgan fingerprint density at radius 2 is 2.27 bits per heavy atom. The van der Waals surface area contributed by atoms with Crippen LogP contribution in [-0.4, -0.2) is 5.78 Å². The Hall–Kier alpha value is -0.590. The molecular weight excluding hydrogens is 184 g/mol. The van der Waals surface area contributed by atoms with Gasteiger partial charge in [-0.1, -0.05) is 20.4 Å². The number of fused-ring (bicyclic) bond motifs is 2. The van der Waals surface area contributed by atoms with Crippen LogP contribution in [0.25, 0.3) is 0 Å². The van der Waals surface area contributed by atoms with Gasteiger partial charge in [-0.15, -0.1) is 0 Å². The van der Waals surface area contributed by atoms with E-state index >= 15 is 0 Å². The lowest BCUT2D eigenvalue weighted by Crippen LogP contribution is -2.39. The molecule has 0 N–H and O–H groups in total. The van der Waals surface area contributed by atoms with Gasteiger partial charge in [-0.2, -0.15) is 0 Å². The second-order valence-corrected chi connectivity index (χ2v) is 6.00. The van der Waals surface area contributed by atoms with Gasteiger partial charge in [0, 0.05) is 5.41 Å². The highest BCUT2D eigenvalue weighted by molar-refractivity contribution is 5.94. The van der Waals surface area contributed by atoms with E-state index in [0.29, 0.717) is 11.2 Å². The molecule has 0 amide bonds. The van der Waals surface area contributed by atoms with E-state index < -0.39 is 0 Å². The molecule has 2 bridgehead atoms. The van der Waals surface area contributed by atoms with Crippen molar-refractivity contribution in [2.45, 2.75) is 52.4 Å². The molecule has 0 radical (unpaired) electrons. The van der Waals surface area contributed by atoms with Gasteiger partial charge >= 0.3 is 0 Å². The van der Waals surface area contributed by atoms with Crippen LogP contribution < -0.4 is 0 Å². The van der Waals surface area contributed by atoms with E-state index in [2.05, 4.69) is 20.4 Å². The number of ketones is 1. The summed E-state index contributed by atoms with van der Waals surface area (Å²) >= 11 is 0. The zero-order chi connectivity index (χ0) is 11.1. The zero-order valence-electron chi connectivity index (χ0n) is 10.0. The standard InChI is InChI=1S/C14H22O/c1-4-12(15)14(5-2)9-11-6-7-13(3,8-11)10-14/h4,11H,1,5-10H2,2-3H3. The highest BCUT2D eigenvalue weighted by atomic mass is 16.1. The maximum atomic E-state index is 12.1. The van der Waals surface area contributed by atoms with Crippen LogP contribution in [0.1, 0.15) is 52.4 Å². The van der Waals surface area contributed by atoms with E-state index in [9.17, 15) is 4.79 Å². The molecule has 3 unspecified atom stereocenters. The molecule has 0 aromatic rings. The average molecular weight is 206 g/mol. The van der Waals surface area contributed by atoms with Crippen molar-refractivity contribution in [1.82, 2.24) is 0 Å². The van der Waals surface area contributed by atoms with Crippen LogP contribution >= 0.6 is 0 Å². The monoisotopic (exact) mass is 206 g/mol. The Balaban J connectivity index is 2.28. The largest absolute Gasteiger partial charge is 0.294 e. The number of allylic oxidation sites excluding steroid dienone is 1. The lowest BCUT2D eigenvalue weighted by Gasteiger charge is -2.43. The smallest absolute Gasteiger partial charge is 0.161 e. The topological polar surface area (TPSA) is 17.1 Å². The summed E-state index contributed by atoms with van der Waals surface area (Å²) in [7, 11) is 0. The number of hydrogen-bond donors (Lipinski definition) is 0. The molecule has 0 aromatic carbocycles. The molecule has 84 valence electrons. The maximum Gasteiger partial charge on any atom is 0.161 e. The molecule has 2 saturated carbocycles. The van der Waals surface area contributed by atoms with Crippen LogP contribution in [0, 0.1) is 16.7 Å². The number of carbonyl (C=O) groups excluding carboxylic acids is 1. The van der Waals surface area contributed by atoms with Crippen molar-refractivity contribution in [3.8, 4) is 0 Å². The van der Waals surface area contributed by atoms with Gasteiger partial charge in [0.05, 0.1) is 0 Å². The molecule has 0 saturated heterocycles. The molecular formula is C14H22O. The summed E-state index contributed by atoms with van der Waals surface area (Å²) in [5.74, 6) is 1.09. The minimum absolute atomic E-state index is 0.0596. The Bertz CT molecular complexity index is 294. The average Bonchev–Trinajstić information content (AvgIpc) is 2.51. The Morgan fingerprint density at radius 3 is 2.80 bits per heavy atom. The van der Waals surface area contributed by atoms with Crippen molar-refractivity contribution in [3.05, 3.63) is 12.7 Å². The highest BCUT2D eigenvalue weighted by Gasteiger charge is 2.51. The van der Waals surface area contributed by atoms with Crippen molar-refractivity contribution in [2.24, 2.45) is 16.7 Å². The molecule has 15 heavy (non-hydrogen) atoms. The van der Waals surface area contributed by atoms with Gasteiger partial charge in [0.2, 0.25) is 0 Å². The fourth-order valence-electron chi connectivity index (χ4n) is 4.08. The summed E-state index contributed by atoms with van der Waals surface area (Å²) in [6, 6.07) is 0. The first kappa shape index (κ1) is 10.9. The van der Waals surface area contributed by atoms with Crippen molar-refractivity contribution < 1.29 is 4.79 Å². The summed E-state index contributed by atoms with van der Waals surface area (Å²) < 4.78 is 0. The molecule has 0 aliphatic heterocycles. The molecule has 2 aliphatic rings. The summed E-state index contributed by atoms with van der Waals surface area (Å²) in [6.45, 7) is 8.20. The van der Waals surface area contributed by atoms with Crippen LogP contribution in [0.4, 0.5) is 0 Å². The van der Waals surface area contributed by atoms with Crippen molar-refractivity contribution in [2.75, 3.05) is 0 Å². The van der Waals surface area contributed by atoms with Crippen LogP contribution in [0.2, 0.25) is 0 Å². The Labute approximate surface area is 92.9 Å². The van der Waals surface area contributed by atoms with Gasteiger partial charge in [0.15, 0.2) is 5.78 Å². The fraction of sp³-hybridized carbons (Fsp3) is 0.786. The van der Waals surface area contributed by atoms with Crippen LogP contribution in [0.15, 0.2) is 12.7 Å². The number of carbonyl (C=O) groups is 1. The van der Waals surface area contributed by atoms with E-state index in [1.54, 1.807) is 6.08 Å². The molecule has 0 spiro atoms. The molecule has 0 heterocycles. The lowest BCUT2D eigenvalue weighted by atomic mass is 9.60. The number of hydrogen-bond acceptors (Lipinski definition) is 1. The zero-order valence-corrected chi connectivity index (χ0v) is 10.0. The first-order valence-corrected chi connectivity index (χ1v) is 6.20. The molecule has 1 heteroatoms. The van der Waals surface area contributed by atoms with Crippen LogP contribution in [-0.2, 0) is 4.79 Å². The minimum Gasteiger partial charge on any atom is -0.294 e. The highest BCUT2D eigenvalue weighted by Crippen LogP contribution is 2.59. The van der Waals surface area contributed by atoms with Gasteiger partial charge in [-0.25, -0.2) is 0 Å². The quantitative estimate of drug-likeness (QED) is 0.643. The van der Waals surface area contributed by atoms with Crippen LogP contribution in [0.5, 0.6) is 0 Å². The first-order valence-electron chi connectivity index (χ1n) is 6.20. The maximum absolute atomic E-state index is 12.1. The van der Waals surface area contributed by atoms with Gasteiger partial charge in [-0.05, 0) is 55.9 Å². The second kappa shape index (κ2) is 3.47. The van der Waals surface area contributed by atoms with Crippen molar-refractivity contribution in [1.29, 1.82) is 0 Å². The molecule has 2 fully saturated rings. The fourth-order valence-corrected chi connectivity index (χ4v) is 4.08. The van der Waals surface area contributed by atoms with Gasteiger partial charge in [0.25, 0.3) is 0 Å². The van der Waals surface area contributed by atoms with E-state index in [0.717, 1.165) is 25.2 Å². The van der Waals surface area contributed by atoms with Gasteiger partial charge in [0.1, 0.15) is 0 Å². The molecule has 0 aromatic heterocycles. The summed E-state index contributed by atoms with van der Waals surface area (Å²) in [5, 5.41) is 0. The normalized spacial score (nSPS) is 44.0. The predicted octanol–water partition coefficient (Wildman–Crippen LogP) is 3.74. The SMILES string of the molecule is C=CC(=O)C1(CC)CC2CCC(C)(C2)C1. The molecule has 2 rings (SSSR count).